The summed E-state index contributed by atoms with van der Waals surface area (Å²) in [7, 11) is 0. The molecule has 6 heteroatoms. The summed E-state index contributed by atoms with van der Waals surface area (Å²) in [6, 6.07) is 5.08. The van der Waals surface area contributed by atoms with Crippen molar-refractivity contribution in [2.75, 3.05) is 26.2 Å². The van der Waals surface area contributed by atoms with E-state index in [1.807, 2.05) is 4.90 Å². The highest BCUT2D eigenvalue weighted by Crippen LogP contribution is 2.39. The average Bonchev–Trinajstić information content (AvgIpc) is 2.48. The zero-order chi connectivity index (χ0) is 14.9. The van der Waals surface area contributed by atoms with Gasteiger partial charge in [-0.05, 0) is 62.4 Å². The summed E-state index contributed by atoms with van der Waals surface area (Å²) in [5.74, 6) is 0.0282. The van der Waals surface area contributed by atoms with Crippen LogP contribution >= 0.6 is 35.6 Å². The first-order chi connectivity index (χ1) is 10.1. The fourth-order valence-electron chi connectivity index (χ4n) is 3.47. The molecule has 2 aliphatic heterocycles. The number of rotatable bonds is 1. The van der Waals surface area contributed by atoms with Crippen molar-refractivity contribution in [2.45, 2.75) is 25.7 Å². The number of nitrogens with one attached hydrogen (secondary N) is 1. The van der Waals surface area contributed by atoms with Gasteiger partial charge in [-0.25, -0.2) is 0 Å². The summed E-state index contributed by atoms with van der Waals surface area (Å²) in [5, 5.41) is 4.42. The molecule has 1 amide bonds. The molecule has 0 atom stereocenters. The van der Waals surface area contributed by atoms with Gasteiger partial charge in [0.15, 0.2) is 0 Å². The van der Waals surface area contributed by atoms with E-state index in [0.717, 1.165) is 39.0 Å². The van der Waals surface area contributed by atoms with Crippen molar-refractivity contribution in [3.8, 4) is 0 Å². The van der Waals surface area contributed by atoms with Gasteiger partial charge in [0, 0.05) is 18.1 Å². The molecule has 1 spiro atoms. The normalized spacial score (nSPS) is 20.5. The smallest absolute Gasteiger partial charge is 0.255 e. The van der Waals surface area contributed by atoms with Crippen LogP contribution in [0.15, 0.2) is 18.2 Å². The first kappa shape index (κ1) is 17.9. The lowest BCUT2D eigenvalue weighted by Crippen LogP contribution is -2.47. The molecule has 1 aromatic carbocycles. The lowest BCUT2D eigenvalue weighted by molar-refractivity contribution is 0.0496. The number of hydrogen-bond acceptors (Lipinski definition) is 2. The highest BCUT2D eigenvalue weighted by atomic mass is 35.5. The van der Waals surface area contributed by atoms with Crippen LogP contribution in [0.25, 0.3) is 0 Å². The van der Waals surface area contributed by atoms with Crippen molar-refractivity contribution in [1.29, 1.82) is 0 Å². The molecule has 22 heavy (non-hydrogen) atoms. The summed E-state index contributed by atoms with van der Waals surface area (Å²) < 4.78 is 0. The van der Waals surface area contributed by atoms with Crippen molar-refractivity contribution >= 4 is 41.5 Å². The van der Waals surface area contributed by atoms with Crippen LogP contribution < -0.4 is 5.32 Å². The number of halogens is 3. The monoisotopic (exact) mass is 362 g/mol. The van der Waals surface area contributed by atoms with Gasteiger partial charge in [0.2, 0.25) is 0 Å². The second-order valence-corrected chi connectivity index (χ2v) is 7.01. The molecule has 3 rings (SSSR count). The second kappa shape index (κ2) is 7.39. The lowest BCUT2D eigenvalue weighted by atomic mass is 9.71. The Bertz CT molecular complexity index is 534. The van der Waals surface area contributed by atoms with Crippen LogP contribution in [0.1, 0.15) is 36.0 Å². The number of carbonyl (C=O) groups is 1. The lowest BCUT2D eigenvalue weighted by Gasteiger charge is -2.44. The summed E-state index contributed by atoms with van der Waals surface area (Å²) in [4.78, 5) is 14.5. The van der Waals surface area contributed by atoms with Gasteiger partial charge in [0.05, 0.1) is 10.6 Å². The number of carbonyl (C=O) groups excluding carboxylic acids is 1. The molecule has 0 bridgehead atoms. The summed E-state index contributed by atoms with van der Waals surface area (Å²) >= 11 is 12.0. The molecule has 0 aromatic heterocycles. The molecule has 2 aliphatic rings. The van der Waals surface area contributed by atoms with Crippen molar-refractivity contribution in [2.24, 2.45) is 5.41 Å². The zero-order valence-electron chi connectivity index (χ0n) is 12.4. The Hall–Kier alpha value is -0.480. The van der Waals surface area contributed by atoms with Crippen LogP contribution in [0.4, 0.5) is 0 Å². The first-order valence-electron chi connectivity index (χ1n) is 7.55. The fraction of sp³-hybridized carbons (Fsp3) is 0.562. The topological polar surface area (TPSA) is 32.3 Å². The Morgan fingerprint density at radius 3 is 2.32 bits per heavy atom. The first-order valence-corrected chi connectivity index (χ1v) is 8.30. The van der Waals surface area contributed by atoms with Crippen molar-refractivity contribution in [1.82, 2.24) is 10.2 Å². The molecule has 2 saturated heterocycles. The number of amides is 1. The SMILES string of the molecule is Cl.O=C(c1ccc(Cl)cc1Cl)N1CCC2(CCNCC2)CC1. The third-order valence-corrected chi connectivity index (χ3v) is 5.48. The van der Waals surface area contributed by atoms with Crippen LogP contribution in [0.5, 0.6) is 0 Å². The maximum Gasteiger partial charge on any atom is 0.255 e. The van der Waals surface area contributed by atoms with E-state index < -0.39 is 0 Å². The summed E-state index contributed by atoms with van der Waals surface area (Å²) in [5.41, 5.74) is 1.01. The number of piperidine rings is 2. The molecule has 2 heterocycles. The Morgan fingerprint density at radius 1 is 1.09 bits per heavy atom. The Labute approximate surface area is 147 Å². The van der Waals surface area contributed by atoms with Gasteiger partial charge < -0.3 is 10.2 Å². The van der Waals surface area contributed by atoms with E-state index in [2.05, 4.69) is 5.32 Å². The van der Waals surface area contributed by atoms with Gasteiger partial charge >= 0.3 is 0 Å². The minimum Gasteiger partial charge on any atom is -0.339 e. The number of benzene rings is 1. The van der Waals surface area contributed by atoms with Crippen molar-refractivity contribution in [3.05, 3.63) is 33.8 Å². The fourth-order valence-corrected chi connectivity index (χ4v) is 3.96. The molecule has 0 radical (unpaired) electrons. The Kier molecular flexibility index (Phi) is 6.00. The second-order valence-electron chi connectivity index (χ2n) is 6.17. The van der Waals surface area contributed by atoms with Crippen LogP contribution in [-0.4, -0.2) is 37.0 Å². The molecule has 3 nitrogen and oxygen atoms in total. The minimum atomic E-state index is 0. The third kappa shape index (κ3) is 3.70. The van der Waals surface area contributed by atoms with Crippen LogP contribution in [0.2, 0.25) is 10.0 Å². The predicted molar refractivity (Wildman–Crippen MR) is 93.4 cm³/mol. The van der Waals surface area contributed by atoms with Crippen LogP contribution in [0, 0.1) is 5.41 Å². The highest BCUT2D eigenvalue weighted by molar-refractivity contribution is 6.36. The third-order valence-electron chi connectivity index (χ3n) is 4.94. The summed E-state index contributed by atoms with van der Waals surface area (Å²) in [6.07, 6.45) is 4.67. The zero-order valence-corrected chi connectivity index (χ0v) is 14.7. The molecule has 0 aliphatic carbocycles. The summed E-state index contributed by atoms with van der Waals surface area (Å²) in [6.45, 7) is 3.88. The molecule has 0 saturated carbocycles. The van der Waals surface area contributed by atoms with Crippen LogP contribution in [0.3, 0.4) is 0 Å². The van der Waals surface area contributed by atoms with Gasteiger partial charge in [-0.1, -0.05) is 23.2 Å². The van der Waals surface area contributed by atoms with E-state index in [1.54, 1.807) is 18.2 Å². The number of hydrogen-bond donors (Lipinski definition) is 1. The van der Waals surface area contributed by atoms with Crippen LogP contribution in [-0.2, 0) is 0 Å². The quantitative estimate of drug-likeness (QED) is 0.817. The maximum atomic E-state index is 12.6. The average molecular weight is 364 g/mol. The van der Waals surface area contributed by atoms with Gasteiger partial charge in [0.25, 0.3) is 5.91 Å². The molecule has 2 fully saturated rings. The van der Waals surface area contributed by atoms with Gasteiger partial charge in [0.1, 0.15) is 0 Å². The number of nitrogens with zero attached hydrogens (tertiary/aromatic N) is 1. The van der Waals surface area contributed by atoms with E-state index in [1.165, 1.54) is 12.8 Å². The highest BCUT2D eigenvalue weighted by Gasteiger charge is 2.37. The Balaban J connectivity index is 0.00000176. The largest absolute Gasteiger partial charge is 0.339 e. The van der Waals surface area contributed by atoms with E-state index in [0.29, 0.717) is 21.0 Å². The molecule has 1 N–H and O–H groups in total. The molecule has 1 aromatic rings. The number of likely N-dealkylation sites (tertiary alicyclic amines) is 1. The van der Waals surface area contributed by atoms with E-state index in [4.69, 9.17) is 23.2 Å². The standard InChI is InChI=1S/C16H20Cl2N2O.ClH/c17-12-1-2-13(14(18)11-12)15(21)20-9-5-16(6-10-20)3-7-19-8-4-16;/h1-2,11,19H,3-10H2;1H. The maximum absolute atomic E-state index is 12.6. The van der Waals surface area contributed by atoms with Gasteiger partial charge in [-0.2, -0.15) is 0 Å². The molecular weight excluding hydrogens is 343 g/mol. The van der Waals surface area contributed by atoms with E-state index >= 15 is 0 Å². The minimum absolute atomic E-state index is 0. The van der Waals surface area contributed by atoms with Crippen molar-refractivity contribution < 1.29 is 4.79 Å². The van der Waals surface area contributed by atoms with E-state index in [-0.39, 0.29) is 18.3 Å². The van der Waals surface area contributed by atoms with Gasteiger partial charge in [-0.3, -0.25) is 4.79 Å². The molecule has 122 valence electrons. The van der Waals surface area contributed by atoms with Gasteiger partial charge in [-0.15, -0.1) is 12.4 Å². The van der Waals surface area contributed by atoms with E-state index in [9.17, 15) is 4.79 Å². The predicted octanol–water partition coefficient (Wildman–Crippen LogP) is 4.02. The molecule has 0 unspecified atom stereocenters. The molecular formula is C16H21Cl3N2O. The Morgan fingerprint density at radius 2 is 1.73 bits per heavy atom. The van der Waals surface area contributed by atoms with Crippen molar-refractivity contribution in [3.63, 3.8) is 0 Å².